The maximum atomic E-state index is 13.5. The maximum Gasteiger partial charge on any atom is 0.410 e. The van der Waals surface area contributed by atoms with Crippen molar-refractivity contribution < 1.29 is 19.1 Å². The molecule has 7 heteroatoms. The van der Waals surface area contributed by atoms with Crippen molar-refractivity contribution in [1.29, 1.82) is 0 Å². The third-order valence-corrected chi connectivity index (χ3v) is 9.21. The minimum absolute atomic E-state index is 0.0645. The SMILES string of the molecule is COc1ccc(NC(=O)N(Cc2ccc(-c3ccc(CN(C(=O)OC(C)(C)C)C4CCCCC4)cc3)cc2)C2CCCCC2)cc1. The third-order valence-electron chi connectivity index (χ3n) is 9.21. The van der Waals surface area contributed by atoms with Gasteiger partial charge in [-0.1, -0.05) is 87.1 Å². The van der Waals surface area contributed by atoms with E-state index in [1.807, 2.05) is 54.8 Å². The van der Waals surface area contributed by atoms with Crippen LogP contribution in [-0.2, 0) is 17.8 Å². The summed E-state index contributed by atoms with van der Waals surface area (Å²) in [5.74, 6) is 0.763. The molecule has 2 fully saturated rings. The average Bonchev–Trinajstić information content (AvgIpc) is 3.07. The fourth-order valence-corrected chi connectivity index (χ4v) is 6.68. The normalized spacial score (nSPS) is 16.0. The van der Waals surface area contributed by atoms with Crippen LogP contribution in [0.15, 0.2) is 72.8 Å². The number of carbonyl (C=O) groups excluding carboxylic acids is 2. The van der Waals surface area contributed by atoms with E-state index >= 15 is 0 Å². The van der Waals surface area contributed by atoms with Gasteiger partial charge in [-0.2, -0.15) is 0 Å². The second kappa shape index (κ2) is 15.5. The molecular weight excluding hydrogens is 574 g/mol. The van der Waals surface area contributed by atoms with Crippen LogP contribution in [0, 0.1) is 0 Å². The van der Waals surface area contributed by atoms with Crippen LogP contribution in [0.3, 0.4) is 0 Å². The second-order valence-electron chi connectivity index (χ2n) is 13.9. The number of nitrogens with one attached hydrogen (secondary N) is 1. The Bertz CT molecular complexity index is 1400. The minimum Gasteiger partial charge on any atom is -0.497 e. The molecule has 3 aromatic rings. The second-order valence-corrected chi connectivity index (χ2v) is 13.9. The molecule has 5 rings (SSSR count). The van der Waals surface area contributed by atoms with E-state index in [0.29, 0.717) is 13.1 Å². The zero-order valence-electron chi connectivity index (χ0n) is 28.1. The van der Waals surface area contributed by atoms with Gasteiger partial charge in [0.1, 0.15) is 11.4 Å². The van der Waals surface area contributed by atoms with Crippen LogP contribution in [-0.4, -0.2) is 46.7 Å². The fourth-order valence-electron chi connectivity index (χ4n) is 6.68. The summed E-state index contributed by atoms with van der Waals surface area (Å²) in [4.78, 5) is 30.7. The zero-order valence-corrected chi connectivity index (χ0v) is 28.1. The van der Waals surface area contributed by atoms with Gasteiger partial charge in [-0.25, -0.2) is 9.59 Å². The van der Waals surface area contributed by atoms with Crippen molar-refractivity contribution in [3.8, 4) is 16.9 Å². The zero-order chi connectivity index (χ0) is 32.5. The van der Waals surface area contributed by atoms with Crippen molar-refractivity contribution in [2.45, 2.75) is 116 Å². The number of benzene rings is 3. The number of urea groups is 1. The lowest BCUT2D eigenvalue weighted by atomic mass is 9.93. The number of methoxy groups -OCH3 is 1. The lowest BCUT2D eigenvalue weighted by Gasteiger charge is -2.35. The van der Waals surface area contributed by atoms with E-state index in [9.17, 15) is 9.59 Å². The molecule has 3 aromatic carbocycles. The van der Waals surface area contributed by atoms with Gasteiger partial charge in [-0.05, 0) is 93.0 Å². The first-order valence-electron chi connectivity index (χ1n) is 17.1. The average molecular weight is 626 g/mol. The summed E-state index contributed by atoms with van der Waals surface area (Å²) in [6, 6.07) is 24.9. The Morgan fingerprint density at radius 2 is 1.13 bits per heavy atom. The van der Waals surface area contributed by atoms with E-state index in [-0.39, 0.29) is 24.2 Å². The number of amides is 3. The van der Waals surface area contributed by atoms with E-state index in [1.54, 1.807) is 7.11 Å². The molecule has 0 heterocycles. The molecule has 46 heavy (non-hydrogen) atoms. The van der Waals surface area contributed by atoms with Crippen molar-refractivity contribution in [2.24, 2.45) is 0 Å². The molecule has 0 bridgehead atoms. The monoisotopic (exact) mass is 625 g/mol. The summed E-state index contributed by atoms with van der Waals surface area (Å²) in [6.45, 7) is 6.89. The third kappa shape index (κ3) is 9.27. The molecular formula is C39H51N3O4. The molecule has 0 saturated heterocycles. The lowest BCUT2D eigenvalue weighted by Crippen LogP contribution is -2.43. The number of hydrogen-bond donors (Lipinski definition) is 1. The Hall–Kier alpha value is -4.00. The number of carbonyl (C=O) groups is 2. The Morgan fingerprint density at radius 1 is 0.674 bits per heavy atom. The number of hydrogen-bond acceptors (Lipinski definition) is 4. The number of ether oxygens (including phenoxy) is 2. The highest BCUT2D eigenvalue weighted by Gasteiger charge is 2.30. The summed E-state index contributed by atoms with van der Waals surface area (Å²) in [5.41, 5.74) is 4.70. The van der Waals surface area contributed by atoms with E-state index in [0.717, 1.165) is 85.1 Å². The van der Waals surface area contributed by atoms with E-state index in [4.69, 9.17) is 9.47 Å². The fraction of sp³-hybridized carbons (Fsp3) is 0.487. The van der Waals surface area contributed by atoms with Crippen molar-refractivity contribution in [2.75, 3.05) is 12.4 Å². The molecule has 2 saturated carbocycles. The van der Waals surface area contributed by atoms with Crippen LogP contribution in [0.2, 0.25) is 0 Å². The van der Waals surface area contributed by atoms with Crippen molar-refractivity contribution in [3.05, 3.63) is 83.9 Å². The molecule has 0 atom stereocenters. The first kappa shape index (κ1) is 33.4. The molecule has 2 aliphatic carbocycles. The molecule has 246 valence electrons. The minimum atomic E-state index is -0.520. The van der Waals surface area contributed by atoms with E-state index in [1.165, 1.54) is 12.8 Å². The van der Waals surface area contributed by atoms with E-state index in [2.05, 4.69) is 53.8 Å². The van der Waals surface area contributed by atoms with E-state index < -0.39 is 5.60 Å². The van der Waals surface area contributed by atoms with Crippen LogP contribution in [0.1, 0.15) is 96.1 Å². The van der Waals surface area contributed by atoms with Gasteiger partial charge in [0.05, 0.1) is 7.11 Å². The van der Waals surface area contributed by atoms with Crippen LogP contribution < -0.4 is 10.1 Å². The first-order chi connectivity index (χ1) is 22.2. The van der Waals surface area contributed by atoms with Gasteiger partial charge in [-0.15, -0.1) is 0 Å². The topological polar surface area (TPSA) is 71.1 Å². The summed E-state index contributed by atoms with van der Waals surface area (Å²) >= 11 is 0. The highest BCUT2D eigenvalue weighted by Crippen LogP contribution is 2.29. The first-order valence-corrected chi connectivity index (χ1v) is 17.1. The summed E-state index contributed by atoms with van der Waals surface area (Å²) in [6.07, 6.45) is 11.0. The maximum absolute atomic E-state index is 13.5. The lowest BCUT2D eigenvalue weighted by molar-refractivity contribution is 0.00988. The molecule has 7 nitrogen and oxygen atoms in total. The van der Waals surface area contributed by atoms with Crippen LogP contribution in [0.5, 0.6) is 5.75 Å². The quantitative estimate of drug-likeness (QED) is 0.257. The molecule has 2 aliphatic rings. The number of nitrogens with zero attached hydrogens (tertiary/aromatic N) is 2. The van der Waals surface area contributed by atoms with Crippen molar-refractivity contribution in [1.82, 2.24) is 9.80 Å². The molecule has 0 radical (unpaired) electrons. The van der Waals surface area contributed by atoms with Crippen LogP contribution in [0.25, 0.3) is 11.1 Å². The summed E-state index contributed by atoms with van der Waals surface area (Å²) in [5, 5.41) is 3.10. The highest BCUT2D eigenvalue weighted by molar-refractivity contribution is 5.89. The smallest absolute Gasteiger partial charge is 0.410 e. The van der Waals surface area contributed by atoms with Gasteiger partial charge in [-0.3, -0.25) is 0 Å². The standard InChI is InChI=1S/C39H51N3O4/c1-39(2,3)46-38(44)42(35-13-9-6-10-14-35)28-30-17-21-32(22-18-30)31-19-15-29(16-20-31)27-41(34-11-7-5-8-12-34)37(43)40-33-23-25-36(45-4)26-24-33/h15-26,34-35H,5-14,27-28H2,1-4H3,(H,40,43). The van der Waals surface area contributed by atoms with Gasteiger partial charge in [0.25, 0.3) is 0 Å². The molecule has 0 aromatic heterocycles. The summed E-state index contributed by atoms with van der Waals surface area (Å²) < 4.78 is 11.1. The Morgan fingerprint density at radius 3 is 1.59 bits per heavy atom. The van der Waals surface area contributed by atoms with Crippen molar-refractivity contribution >= 4 is 17.8 Å². The van der Waals surface area contributed by atoms with Crippen molar-refractivity contribution in [3.63, 3.8) is 0 Å². The van der Waals surface area contributed by atoms with Gasteiger partial charge in [0, 0.05) is 30.9 Å². The largest absolute Gasteiger partial charge is 0.497 e. The Balaban J connectivity index is 1.25. The van der Waals surface area contributed by atoms with Crippen LogP contribution >= 0.6 is 0 Å². The van der Waals surface area contributed by atoms with Gasteiger partial charge < -0.3 is 24.6 Å². The summed E-state index contributed by atoms with van der Waals surface area (Å²) in [7, 11) is 1.64. The Labute approximate surface area is 275 Å². The number of rotatable bonds is 9. The molecule has 3 amide bonds. The molecule has 0 unspecified atom stereocenters. The van der Waals surface area contributed by atoms with Crippen LogP contribution in [0.4, 0.5) is 15.3 Å². The predicted molar refractivity (Wildman–Crippen MR) is 185 cm³/mol. The van der Waals surface area contributed by atoms with Gasteiger partial charge >= 0.3 is 12.1 Å². The predicted octanol–water partition coefficient (Wildman–Crippen LogP) is 9.80. The van der Waals surface area contributed by atoms with Gasteiger partial charge in [0.15, 0.2) is 0 Å². The molecule has 1 N–H and O–H groups in total. The highest BCUT2D eigenvalue weighted by atomic mass is 16.6. The molecule has 0 aliphatic heterocycles. The van der Waals surface area contributed by atoms with Gasteiger partial charge in [0.2, 0.25) is 0 Å². The number of anilines is 1. The Kier molecular flexibility index (Phi) is 11.3. The molecule has 0 spiro atoms.